The quantitative estimate of drug-likeness (QED) is 0.758. The molecule has 90 valence electrons. The summed E-state index contributed by atoms with van der Waals surface area (Å²) in [4.78, 5) is 0. The van der Waals surface area contributed by atoms with Crippen molar-refractivity contribution in [3.05, 3.63) is 0 Å². The van der Waals surface area contributed by atoms with Crippen LogP contribution in [0.3, 0.4) is 0 Å². The molecule has 1 aliphatic carbocycles. The van der Waals surface area contributed by atoms with Gasteiger partial charge < -0.3 is 10.1 Å². The first-order valence-electron chi connectivity index (χ1n) is 6.46. The molecule has 0 aromatic heterocycles. The first-order valence-corrected chi connectivity index (χ1v) is 6.46. The van der Waals surface area contributed by atoms with E-state index in [-0.39, 0.29) is 0 Å². The van der Waals surface area contributed by atoms with Crippen molar-refractivity contribution in [1.82, 2.24) is 5.32 Å². The number of hydrogen-bond acceptors (Lipinski definition) is 2. The minimum absolute atomic E-state index is 0.441. The van der Waals surface area contributed by atoms with Crippen molar-refractivity contribution >= 4 is 0 Å². The second kappa shape index (κ2) is 6.49. The van der Waals surface area contributed by atoms with Crippen molar-refractivity contribution in [2.24, 2.45) is 11.8 Å². The van der Waals surface area contributed by atoms with Crippen molar-refractivity contribution in [3.8, 4) is 0 Å². The number of likely N-dealkylation sites (N-methyl/N-ethyl adjacent to an activating group) is 1. The maximum atomic E-state index is 6.02. The van der Waals surface area contributed by atoms with Gasteiger partial charge in [0.2, 0.25) is 0 Å². The molecule has 3 unspecified atom stereocenters. The third-order valence-electron chi connectivity index (χ3n) is 3.49. The van der Waals surface area contributed by atoms with Gasteiger partial charge in [-0.2, -0.15) is 0 Å². The molecule has 3 atom stereocenters. The molecule has 0 radical (unpaired) electrons. The van der Waals surface area contributed by atoms with Gasteiger partial charge in [-0.3, -0.25) is 0 Å². The Morgan fingerprint density at radius 3 is 2.60 bits per heavy atom. The van der Waals surface area contributed by atoms with Gasteiger partial charge in [0.25, 0.3) is 0 Å². The standard InChI is InChI=1S/C13H27NO/c1-5-11-6-7-12(14-4)13(8-11)15-9-10(2)3/h10-14H,5-9H2,1-4H3. The van der Waals surface area contributed by atoms with E-state index in [1.165, 1.54) is 25.7 Å². The molecule has 2 nitrogen and oxygen atoms in total. The lowest BCUT2D eigenvalue weighted by Gasteiger charge is -2.36. The molecule has 1 rings (SSSR count). The van der Waals surface area contributed by atoms with Crippen LogP contribution in [-0.2, 0) is 4.74 Å². The van der Waals surface area contributed by atoms with Crippen LogP contribution < -0.4 is 5.32 Å². The molecule has 0 spiro atoms. The van der Waals surface area contributed by atoms with Gasteiger partial charge in [0, 0.05) is 12.6 Å². The summed E-state index contributed by atoms with van der Waals surface area (Å²) in [5.41, 5.74) is 0. The number of rotatable bonds is 5. The molecule has 0 amide bonds. The van der Waals surface area contributed by atoms with E-state index in [1.54, 1.807) is 0 Å². The predicted octanol–water partition coefficient (Wildman–Crippen LogP) is 2.83. The van der Waals surface area contributed by atoms with Crippen LogP contribution in [0.2, 0.25) is 0 Å². The Balaban J connectivity index is 2.40. The second-order valence-electron chi connectivity index (χ2n) is 5.25. The van der Waals surface area contributed by atoms with E-state index < -0.39 is 0 Å². The van der Waals surface area contributed by atoms with Gasteiger partial charge in [-0.05, 0) is 38.1 Å². The Bertz CT molecular complexity index is 170. The van der Waals surface area contributed by atoms with Crippen LogP contribution in [0.5, 0.6) is 0 Å². The van der Waals surface area contributed by atoms with E-state index in [2.05, 4.69) is 33.1 Å². The van der Waals surface area contributed by atoms with Crippen molar-refractivity contribution in [2.45, 2.75) is 58.6 Å². The summed E-state index contributed by atoms with van der Waals surface area (Å²) in [5.74, 6) is 1.52. The van der Waals surface area contributed by atoms with Crippen LogP contribution in [0.15, 0.2) is 0 Å². The van der Waals surface area contributed by atoms with Gasteiger partial charge in [-0.25, -0.2) is 0 Å². The zero-order valence-electron chi connectivity index (χ0n) is 10.8. The lowest BCUT2D eigenvalue weighted by molar-refractivity contribution is -0.0199. The van der Waals surface area contributed by atoms with Crippen LogP contribution in [0.25, 0.3) is 0 Å². The molecule has 0 aromatic rings. The van der Waals surface area contributed by atoms with Crippen LogP contribution in [0, 0.1) is 11.8 Å². The highest BCUT2D eigenvalue weighted by Crippen LogP contribution is 2.28. The predicted molar refractivity (Wildman–Crippen MR) is 65.1 cm³/mol. The van der Waals surface area contributed by atoms with Crippen LogP contribution in [-0.4, -0.2) is 25.8 Å². The summed E-state index contributed by atoms with van der Waals surface area (Å²) >= 11 is 0. The minimum atomic E-state index is 0.441. The van der Waals surface area contributed by atoms with E-state index in [9.17, 15) is 0 Å². The van der Waals surface area contributed by atoms with Gasteiger partial charge >= 0.3 is 0 Å². The van der Waals surface area contributed by atoms with Crippen molar-refractivity contribution < 1.29 is 4.74 Å². The van der Waals surface area contributed by atoms with Crippen LogP contribution in [0.4, 0.5) is 0 Å². The molecule has 0 aliphatic heterocycles. The maximum absolute atomic E-state index is 6.02. The fraction of sp³-hybridized carbons (Fsp3) is 1.00. The van der Waals surface area contributed by atoms with E-state index in [4.69, 9.17) is 4.74 Å². The van der Waals surface area contributed by atoms with E-state index in [0.29, 0.717) is 18.1 Å². The Kier molecular flexibility index (Phi) is 5.62. The average molecular weight is 213 g/mol. The van der Waals surface area contributed by atoms with Crippen molar-refractivity contribution in [2.75, 3.05) is 13.7 Å². The van der Waals surface area contributed by atoms with E-state index in [0.717, 1.165) is 12.5 Å². The Labute approximate surface area is 94.8 Å². The largest absolute Gasteiger partial charge is 0.376 e. The van der Waals surface area contributed by atoms with Gasteiger partial charge in [0.05, 0.1) is 6.10 Å². The second-order valence-corrected chi connectivity index (χ2v) is 5.25. The molecular formula is C13H27NO. The van der Waals surface area contributed by atoms with E-state index in [1.807, 2.05) is 0 Å². The molecule has 15 heavy (non-hydrogen) atoms. The van der Waals surface area contributed by atoms with E-state index >= 15 is 0 Å². The summed E-state index contributed by atoms with van der Waals surface area (Å²) in [7, 11) is 2.06. The molecule has 1 fully saturated rings. The molecule has 1 saturated carbocycles. The van der Waals surface area contributed by atoms with Crippen molar-refractivity contribution in [1.29, 1.82) is 0 Å². The SMILES string of the molecule is CCC1CCC(NC)C(OCC(C)C)C1. The average Bonchev–Trinajstić information content (AvgIpc) is 2.25. The third kappa shape index (κ3) is 4.12. The lowest BCUT2D eigenvalue weighted by atomic mass is 9.82. The summed E-state index contributed by atoms with van der Waals surface area (Å²) in [6.07, 6.45) is 5.63. The molecule has 0 saturated heterocycles. The van der Waals surface area contributed by atoms with Gasteiger partial charge in [0.1, 0.15) is 0 Å². The van der Waals surface area contributed by atoms with Crippen molar-refractivity contribution in [3.63, 3.8) is 0 Å². The topological polar surface area (TPSA) is 21.3 Å². The molecule has 0 heterocycles. The highest BCUT2D eigenvalue weighted by molar-refractivity contribution is 4.84. The zero-order chi connectivity index (χ0) is 11.3. The Morgan fingerprint density at radius 2 is 2.07 bits per heavy atom. The fourth-order valence-electron chi connectivity index (χ4n) is 2.41. The maximum Gasteiger partial charge on any atom is 0.0730 e. The van der Waals surface area contributed by atoms with Gasteiger partial charge in [0.15, 0.2) is 0 Å². The number of hydrogen-bond donors (Lipinski definition) is 1. The first-order chi connectivity index (χ1) is 7.17. The minimum Gasteiger partial charge on any atom is -0.376 e. The summed E-state index contributed by atoms with van der Waals surface area (Å²) in [6.45, 7) is 7.63. The lowest BCUT2D eigenvalue weighted by Crippen LogP contribution is -2.44. The molecule has 1 aliphatic rings. The molecular weight excluding hydrogens is 186 g/mol. The molecule has 0 aromatic carbocycles. The summed E-state index contributed by atoms with van der Waals surface area (Å²) in [6, 6.07) is 0.576. The molecule has 2 heteroatoms. The monoisotopic (exact) mass is 213 g/mol. The zero-order valence-corrected chi connectivity index (χ0v) is 10.8. The Morgan fingerprint density at radius 1 is 1.33 bits per heavy atom. The normalized spacial score (nSPS) is 32.2. The number of ether oxygens (including phenoxy) is 1. The smallest absolute Gasteiger partial charge is 0.0730 e. The van der Waals surface area contributed by atoms with Crippen LogP contribution >= 0.6 is 0 Å². The summed E-state index contributed by atoms with van der Waals surface area (Å²) in [5, 5.41) is 3.40. The fourth-order valence-corrected chi connectivity index (χ4v) is 2.41. The third-order valence-corrected chi connectivity index (χ3v) is 3.49. The highest BCUT2D eigenvalue weighted by atomic mass is 16.5. The first kappa shape index (κ1) is 13.0. The summed E-state index contributed by atoms with van der Waals surface area (Å²) < 4.78 is 6.02. The molecule has 0 bridgehead atoms. The number of nitrogens with one attached hydrogen (secondary N) is 1. The van der Waals surface area contributed by atoms with Crippen LogP contribution in [0.1, 0.15) is 46.5 Å². The Hall–Kier alpha value is -0.0800. The molecule has 1 N–H and O–H groups in total. The van der Waals surface area contributed by atoms with Gasteiger partial charge in [-0.1, -0.05) is 27.2 Å². The van der Waals surface area contributed by atoms with Gasteiger partial charge in [-0.15, -0.1) is 0 Å². The highest BCUT2D eigenvalue weighted by Gasteiger charge is 2.29.